The standard InChI is InChI=1S/C16H34N2O4Si/c1-5-9-10-15(11-13-18-14-12-17-16(18)19)23(20-6-2,21-7-3)22-8-4/h15H,5-14H2,1-4H3,(H,17,19). The first-order valence-corrected chi connectivity index (χ1v) is 10.9. The number of amides is 2. The lowest BCUT2D eigenvalue weighted by Gasteiger charge is -2.36. The Morgan fingerprint density at radius 2 is 1.70 bits per heavy atom. The molecule has 136 valence electrons. The summed E-state index contributed by atoms with van der Waals surface area (Å²) in [5, 5.41) is 2.86. The molecule has 0 aliphatic carbocycles. The number of carbonyl (C=O) groups excluding carboxylic acids is 1. The van der Waals surface area contributed by atoms with E-state index in [2.05, 4.69) is 12.2 Å². The van der Waals surface area contributed by atoms with E-state index in [9.17, 15) is 4.79 Å². The average Bonchev–Trinajstić information content (AvgIpc) is 2.93. The topological polar surface area (TPSA) is 60.0 Å². The third-order valence-electron chi connectivity index (χ3n) is 4.14. The minimum absolute atomic E-state index is 0.0377. The lowest BCUT2D eigenvalue weighted by Crippen LogP contribution is -2.51. The molecule has 0 aromatic rings. The van der Waals surface area contributed by atoms with Crippen LogP contribution >= 0.6 is 0 Å². The third kappa shape index (κ3) is 6.06. The lowest BCUT2D eigenvalue weighted by molar-refractivity contribution is 0.0574. The van der Waals surface area contributed by atoms with Crippen LogP contribution in [0, 0.1) is 0 Å². The summed E-state index contributed by atoms with van der Waals surface area (Å²) >= 11 is 0. The highest BCUT2D eigenvalue weighted by atomic mass is 28.4. The van der Waals surface area contributed by atoms with Crippen molar-refractivity contribution < 1.29 is 18.1 Å². The van der Waals surface area contributed by atoms with Crippen molar-refractivity contribution in [3.05, 3.63) is 0 Å². The van der Waals surface area contributed by atoms with Gasteiger partial charge in [0.15, 0.2) is 0 Å². The van der Waals surface area contributed by atoms with Crippen molar-refractivity contribution in [1.29, 1.82) is 0 Å². The van der Waals surface area contributed by atoms with Crippen molar-refractivity contribution in [3.8, 4) is 0 Å². The van der Waals surface area contributed by atoms with E-state index in [0.29, 0.717) is 19.8 Å². The molecule has 0 radical (unpaired) electrons. The monoisotopic (exact) mass is 346 g/mol. The van der Waals surface area contributed by atoms with Gasteiger partial charge in [0.05, 0.1) is 0 Å². The quantitative estimate of drug-likeness (QED) is 0.521. The molecule has 1 saturated heterocycles. The number of carbonyl (C=O) groups is 1. The zero-order chi connectivity index (χ0) is 17.1. The number of urea groups is 1. The zero-order valence-electron chi connectivity index (χ0n) is 15.2. The highest BCUT2D eigenvalue weighted by Gasteiger charge is 2.48. The van der Waals surface area contributed by atoms with Crippen LogP contribution in [0.3, 0.4) is 0 Å². The van der Waals surface area contributed by atoms with Gasteiger partial charge in [-0.2, -0.15) is 0 Å². The Labute approximate surface area is 142 Å². The molecule has 1 unspecified atom stereocenters. The van der Waals surface area contributed by atoms with E-state index in [1.165, 1.54) is 0 Å². The van der Waals surface area contributed by atoms with Crippen LogP contribution in [0.4, 0.5) is 4.79 Å². The molecule has 23 heavy (non-hydrogen) atoms. The maximum Gasteiger partial charge on any atom is 0.504 e. The first-order valence-electron chi connectivity index (χ1n) is 9.08. The van der Waals surface area contributed by atoms with Gasteiger partial charge in [0.1, 0.15) is 0 Å². The molecule has 1 fully saturated rings. The van der Waals surface area contributed by atoms with Crippen molar-refractivity contribution in [1.82, 2.24) is 10.2 Å². The molecule has 1 rings (SSSR count). The Kier molecular flexibility index (Phi) is 9.77. The van der Waals surface area contributed by atoms with Crippen LogP contribution in [0.1, 0.15) is 53.4 Å². The minimum Gasteiger partial charge on any atom is -0.374 e. The van der Waals surface area contributed by atoms with E-state index in [1.807, 2.05) is 25.7 Å². The summed E-state index contributed by atoms with van der Waals surface area (Å²) in [6.07, 6.45) is 4.16. The second-order valence-electron chi connectivity index (χ2n) is 5.75. The predicted octanol–water partition coefficient (Wildman–Crippen LogP) is 3.01. The molecule has 2 amide bonds. The van der Waals surface area contributed by atoms with Gasteiger partial charge in [0.2, 0.25) is 0 Å². The molecule has 0 saturated carbocycles. The van der Waals surface area contributed by atoms with E-state index in [-0.39, 0.29) is 11.6 Å². The van der Waals surface area contributed by atoms with E-state index < -0.39 is 8.80 Å². The fraction of sp³-hybridized carbons (Fsp3) is 0.938. The van der Waals surface area contributed by atoms with Crippen LogP contribution in [-0.2, 0) is 13.3 Å². The minimum atomic E-state index is -2.71. The second kappa shape index (κ2) is 11.0. The molecule has 1 aliphatic heterocycles. The number of unbranched alkanes of at least 4 members (excludes halogenated alkanes) is 1. The molecule has 1 heterocycles. The summed E-state index contributed by atoms with van der Waals surface area (Å²) in [6.45, 7) is 12.2. The van der Waals surface area contributed by atoms with Crippen LogP contribution in [0.2, 0.25) is 5.54 Å². The van der Waals surface area contributed by atoms with Crippen molar-refractivity contribution in [2.24, 2.45) is 0 Å². The molecule has 0 spiro atoms. The molecule has 1 N–H and O–H groups in total. The van der Waals surface area contributed by atoms with Gasteiger partial charge in [-0.1, -0.05) is 19.8 Å². The van der Waals surface area contributed by atoms with Gasteiger partial charge in [-0.15, -0.1) is 0 Å². The van der Waals surface area contributed by atoms with Gasteiger partial charge < -0.3 is 23.5 Å². The molecule has 1 atom stereocenters. The van der Waals surface area contributed by atoms with Crippen LogP contribution in [0.15, 0.2) is 0 Å². The van der Waals surface area contributed by atoms with Crippen LogP contribution in [-0.4, -0.2) is 59.2 Å². The molecule has 1 aliphatic rings. The SMILES string of the molecule is CCCCC(CCN1CCNC1=O)[Si](OCC)(OCC)OCC. The van der Waals surface area contributed by atoms with Gasteiger partial charge in [0, 0.05) is 45.0 Å². The summed E-state index contributed by atoms with van der Waals surface area (Å²) in [7, 11) is -2.71. The van der Waals surface area contributed by atoms with Gasteiger partial charge in [-0.3, -0.25) is 0 Å². The molecule has 0 aromatic heterocycles. The highest BCUT2D eigenvalue weighted by molar-refractivity contribution is 6.62. The van der Waals surface area contributed by atoms with Gasteiger partial charge in [-0.25, -0.2) is 4.79 Å². The molecule has 7 heteroatoms. The van der Waals surface area contributed by atoms with Crippen LogP contribution in [0.5, 0.6) is 0 Å². The van der Waals surface area contributed by atoms with E-state index in [4.69, 9.17) is 13.3 Å². The number of rotatable bonds is 13. The Morgan fingerprint density at radius 3 is 2.13 bits per heavy atom. The number of hydrogen-bond acceptors (Lipinski definition) is 4. The third-order valence-corrected chi connectivity index (χ3v) is 7.79. The molecule has 0 bridgehead atoms. The van der Waals surface area contributed by atoms with Crippen LogP contribution < -0.4 is 5.32 Å². The zero-order valence-corrected chi connectivity index (χ0v) is 16.2. The fourth-order valence-corrected chi connectivity index (χ4v) is 6.27. The van der Waals surface area contributed by atoms with Gasteiger partial charge in [-0.05, 0) is 33.6 Å². The highest BCUT2D eigenvalue weighted by Crippen LogP contribution is 2.34. The summed E-state index contributed by atoms with van der Waals surface area (Å²) in [4.78, 5) is 13.6. The largest absolute Gasteiger partial charge is 0.504 e. The maximum atomic E-state index is 11.8. The molecular formula is C16H34N2O4Si. The average molecular weight is 347 g/mol. The molecule has 6 nitrogen and oxygen atoms in total. The second-order valence-corrected chi connectivity index (χ2v) is 8.64. The Balaban J connectivity index is 2.81. The Morgan fingerprint density at radius 1 is 1.09 bits per heavy atom. The number of hydrogen-bond donors (Lipinski definition) is 1. The first kappa shape index (κ1) is 20.4. The van der Waals surface area contributed by atoms with E-state index >= 15 is 0 Å². The van der Waals surface area contributed by atoms with E-state index in [1.54, 1.807) is 0 Å². The smallest absolute Gasteiger partial charge is 0.374 e. The maximum absolute atomic E-state index is 11.8. The van der Waals surface area contributed by atoms with Gasteiger partial charge >= 0.3 is 14.8 Å². The summed E-state index contributed by atoms with van der Waals surface area (Å²) in [5.74, 6) is 0. The Hall–Kier alpha value is -0.633. The fourth-order valence-electron chi connectivity index (χ4n) is 3.07. The normalized spacial score (nSPS) is 16.7. The van der Waals surface area contributed by atoms with Crippen molar-refractivity contribution in [2.45, 2.75) is 58.9 Å². The summed E-state index contributed by atoms with van der Waals surface area (Å²) < 4.78 is 18.3. The molecule has 0 aromatic carbocycles. The van der Waals surface area contributed by atoms with Crippen molar-refractivity contribution >= 4 is 14.8 Å². The number of nitrogens with zero attached hydrogens (tertiary/aromatic N) is 1. The predicted molar refractivity (Wildman–Crippen MR) is 93.5 cm³/mol. The molecular weight excluding hydrogens is 312 g/mol. The van der Waals surface area contributed by atoms with Crippen molar-refractivity contribution in [2.75, 3.05) is 39.5 Å². The van der Waals surface area contributed by atoms with Gasteiger partial charge in [0.25, 0.3) is 0 Å². The first-order chi connectivity index (χ1) is 11.1. The van der Waals surface area contributed by atoms with Crippen molar-refractivity contribution in [3.63, 3.8) is 0 Å². The van der Waals surface area contributed by atoms with E-state index in [0.717, 1.165) is 45.3 Å². The summed E-state index contributed by atoms with van der Waals surface area (Å²) in [5.41, 5.74) is 0.246. The number of nitrogens with one attached hydrogen (secondary N) is 1. The Bertz CT molecular complexity index is 327. The van der Waals surface area contributed by atoms with Crippen LogP contribution in [0.25, 0.3) is 0 Å². The summed E-state index contributed by atoms with van der Waals surface area (Å²) in [6, 6.07) is 0.0377. The lowest BCUT2D eigenvalue weighted by atomic mass is 10.1.